The Bertz CT molecular complexity index is 671. The summed E-state index contributed by atoms with van der Waals surface area (Å²) in [5.74, 6) is 3.77. The minimum absolute atomic E-state index is 0.00106. The molecule has 1 heterocycles. The number of hydrogen-bond donors (Lipinski definition) is 2. The lowest BCUT2D eigenvalue weighted by atomic mass is 9.84. The number of fused-ring (bicyclic) bond motifs is 1. The van der Waals surface area contributed by atoms with Gasteiger partial charge in [-0.1, -0.05) is 154 Å². The molecular weight excluding hydrogens is 564 g/mol. The Morgan fingerprint density at radius 2 is 0.717 bits per heavy atom. The molecule has 3 unspecified atom stereocenters. The molecule has 0 spiro atoms. The average molecular weight is 645 g/mol. The van der Waals surface area contributed by atoms with E-state index < -0.39 is 0 Å². The molecule has 270 valence electrons. The van der Waals surface area contributed by atoms with Gasteiger partial charge in [0.2, 0.25) is 0 Å². The summed E-state index contributed by atoms with van der Waals surface area (Å²) in [4.78, 5) is 0. The maximum absolute atomic E-state index is 9.74. The molecule has 0 aromatic rings. The first-order valence-electron chi connectivity index (χ1n) is 21.7. The lowest BCUT2D eigenvalue weighted by Crippen LogP contribution is -2.17. The van der Waals surface area contributed by atoms with Gasteiger partial charge < -0.3 is 14.9 Å². The van der Waals surface area contributed by atoms with Crippen molar-refractivity contribution >= 4 is 0 Å². The van der Waals surface area contributed by atoms with E-state index in [1.165, 1.54) is 199 Å². The number of hydrogen-bond acceptors (Lipinski definition) is 3. The van der Waals surface area contributed by atoms with E-state index in [4.69, 9.17) is 4.74 Å². The maximum atomic E-state index is 9.74. The monoisotopic (exact) mass is 645 g/mol. The van der Waals surface area contributed by atoms with Gasteiger partial charge in [0.25, 0.3) is 0 Å². The fraction of sp³-hybridized carbons (Fsp3) is 1.00. The third-order valence-corrected chi connectivity index (χ3v) is 13.2. The van der Waals surface area contributed by atoms with Crippen LogP contribution in [0.15, 0.2) is 0 Å². The zero-order valence-corrected chi connectivity index (χ0v) is 30.7. The molecule has 0 amide bonds. The predicted molar refractivity (Wildman–Crippen MR) is 196 cm³/mol. The molecule has 46 heavy (non-hydrogen) atoms. The molecule has 0 bridgehead atoms. The summed E-state index contributed by atoms with van der Waals surface area (Å²) in [6.45, 7) is 0. The fourth-order valence-corrected chi connectivity index (χ4v) is 9.77. The Hall–Kier alpha value is -0.120. The van der Waals surface area contributed by atoms with Gasteiger partial charge in [0.15, 0.2) is 0 Å². The largest absolute Gasteiger partial charge is 0.393 e. The van der Waals surface area contributed by atoms with Gasteiger partial charge in [0.05, 0.1) is 24.4 Å². The highest BCUT2D eigenvalue weighted by atomic mass is 16.6. The Morgan fingerprint density at radius 3 is 1.13 bits per heavy atom. The quantitative estimate of drug-likeness (QED) is 0.0691. The Labute approximate surface area is 287 Å². The van der Waals surface area contributed by atoms with Crippen molar-refractivity contribution in [3.8, 4) is 0 Å². The number of unbranched alkanes of at least 4 members (excludes halogenated alkanes) is 15. The van der Waals surface area contributed by atoms with Crippen LogP contribution >= 0.6 is 0 Å². The van der Waals surface area contributed by atoms with Crippen molar-refractivity contribution in [3.63, 3.8) is 0 Å². The highest BCUT2D eigenvalue weighted by Gasteiger charge is 2.43. The third kappa shape index (κ3) is 17.5. The molecule has 4 aliphatic rings. The minimum Gasteiger partial charge on any atom is -0.393 e. The summed E-state index contributed by atoms with van der Waals surface area (Å²) in [5, 5.41) is 19.5. The first kappa shape index (κ1) is 38.7. The van der Waals surface area contributed by atoms with Gasteiger partial charge in [0, 0.05) is 0 Å². The van der Waals surface area contributed by atoms with Crippen LogP contribution in [0, 0.1) is 23.7 Å². The minimum atomic E-state index is 0.00106. The third-order valence-electron chi connectivity index (χ3n) is 13.2. The van der Waals surface area contributed by atoms with E-state index >= 15 is 0 Å². The van der Waals surface area contributed by atoms with Crippen molar-refractivity contribution in [2.75, 3.05) is 0 Å². The fourth-order valence-electron chi connectivity index (χ4n) is 9.77. The van der Waals surface area contributed by atoms with E-state index in [2.05, 4.69) is 0 Å². The van der Waals surface area contributed by atoms with Crippen LogP contribution in [-0.2, 0) is 4.74 Å². The smallest absolute Gasteiger partial charge is 0.0844 e. The van der Waals surface area contributed by atoms with Gasteiger partial charge >= 0.3 is 0 Å². The SMILES string of the molecule is OC1CCC(CCCCCCCCC(CCCCCCCCC2CCC(O)CC2)CCCCCCCCC2CCC3OC3C2)CC1. The van der Waals surface area contributed by atoms with Gasteiger partial charge in [-0.2, -0.15) is 0 Å². The van der Waals surface area contributed by atoms with E-state index in [0.717, 1.165) is 49.4 Å². The number of ether oxygens (including phenoxy) is 1. The van der Waals surface area contributed by atoms with E-state index in [1.807, 2.05) is 0 Å². The van der Waals surface area contributed by atoms with E-state index in [0.29, 0.717) is 12.2 Å². The Kier molecular flexibility index (Phi) is 20.3. The lowest BCUT2D eigenvalue weighted by Gasteiger charge is -2.25. The molecule has 0 radical (unpaired) electrons. The van der Waals surface area contributed by atoms with Crippen LogP contribution in [0.5, 0.6) is 0 Å². The summed E-state index contributed by atoms with van der Waals surface area (Å²) in [7, 11) is 0. The summed E-state index contributed by atoms with van der Waals surface area (Å²) in [5.41, 5.74) is 0. The van der Waals surface area contributed by atoms with Crippen LogP contribution < -0.4 is 0 Å². The van der Waals surface area contributed by atoms with Gasteiger partial charge in [0.1, 0.15) is 0 Å². The molecule has 0 aromatic heterocycles. The van der Waals surface area contributed by atoms with Crippen molar-refractivity contribution in [2.24, 2.45) is 23.7 Å². The van der Waals surface area contributed by atoms with Crippen LogP contribution in [0.1, 0.15) is 225 Å². The lowest BCUT2D eigenvalue weighted by molar-refractivity contribution is 0.105. The zero-order valence-electron chi connectivity index (χ0n) is 30.7. The van der Waals surface area contributed by atoms with Crippen LogP contribution in [0.25, 0.3) is 0 Å². The molecule has 4 fully saturated rings. The highest BCUT2D eigenvalue weighted by molar-refractivity contribution is 4.91. The van der Waals surface area contributed by atoms with Gasteiger partial charge in [-0.15, -0.1) is 0 Å². The van der Waals surface area contributed by atoms with Crippen molar-refractivity contribution in [1.82, 2.24) is 0 Å². The second kappa shape index (κ2) is 24.1. The van der Waals surface area contributed by atoms with Crippen LogP contribution in [-0.4, -0.2) is 34.6 Å². The molecule has 3 aliphatic carbocycles. The van der Waals surface area contributed by atoms with Crippen molar-refractivity contribution in [2.45, 2.75) is 249 Å². The topological polar surface area (TPSA) is 53.0 Å². The van der Waals surface area contributed by atoms with Crippen LogP contribution in [0.2, 0.25) is 0 Å². The first-order valence-corrected chi connectivity index (χ1v) is 21.7. The van der Waals surface area contributed by atoms with Gasteiger partial charge in [-0.25, -0.2) is 0 Å². The number of epoxide rings is 1. The van der Waals surface area contributed by atoms with Crippen LogP contribution in [0.4, 0.5) is 0 Å². The number of aliphatic hydroxyl groups is 2. The summed E-state index contributed by atoms with van der Waals surface area (Å²) >= 11 is 0. The molecule has 2 N–H and O–H groups in total. The number of rotatable bonds is 27. The standard InChI is InChI=1S/C43H80O3/c44-40-30-25-37(26-31-40)22-16-10-3-1-7-13-19-36(20-14-8-2-4-11-17-23-38-27-32-41(45)33-28-38)21-15-9-5-6-12-18-24-39-29-34-42-43(35-39)46-42/h36-45H,1-35H2. The molecule has 3 saturated carbocycles. The highest BCUT2D eigenvalue weighted by Crippen LogP contribution is 2.41. The van der Waals surface area contributed by atoms with E-state index in [9.17, 15) is 10.2 Å². The normalized spacial score (nSPS) is 30.3. The van der Waals surface area contributed by atoms with E-state index in [1.54, 1.807) is 0 Å². The molecular formula is C43H80O3. The van der Waals surface area contributed by atoms with E-state index in [-0.39, 0.29) is 12.2 Å². The predicted octanol–water partition coefficient (Wildman–Crippen LogP) is 12.6. The molecule has 4 rings (SSSR count). The molecule has 3 nitrogen and oxygen atoms in total. The average Bonchev–Trinajstić information content (AvgIpc) is 3.85. The number of aliphatic hydroxyl groups excluding tert-OH is 2. The molecule has 0 aromatic carbocycles. The molecule has 1 saturated heterocycles. The summed E-state index contributed by atoms with van der Waals surface area (Å²) in [6, 6.07) is 0. The van der Waals surface area contributed by atoms with Crippen molar-refractivity contribution in [1.29, 1.82) is 0 Å². The first-order chi connectivity index (χ1) is 22.7. The van der Waals surface area contributed by atoms with Crippen LogP contribution in [0.3, 0.4) is 0 Å². The van der Waals surface area contributed by atoms with Gasteiger partial charge in [-0.05, 0) is 94.3 Å². The van der Waals surface area contributed by atoms with Crippen molar-refractivity contribution in [3.05, 3.63) is 0 Å². The van der Waals surface area contributed by atoms with Crippen molar-refractivity contribution < 1.29 is 14.9 Å². The Balaban J connectivity index is 0.978. The summed E-state index contributed by atoms with van der Waals surface area (Å²) < 4.78 is 5.73. The molecule has 3 heteroatoms. The Morgan fingerprint density at radius 1 is 0.370 bits per heavy atom. The second-order valence-electron chi connectivity index (χ2n) is 17.2. The zero-order chi connectivity index (χ0) is 32.1. The molecule has 3 atom stereocenters. The summed E-state index contributed by atoms with van der Waals surface area (Å²) in [6.07, 6.45) is 49.7. The second-order valence-corrected chi connectivity index (χ2v) is 17.2. The van der Waals surface area contributed by atoms with Gasteiger partial charge in [-0.3, -0.25) is 0 Å². The maximum Gasteiger partial charge on any atom is 0.0844 e. The molecule has 1 aliphatic heterocycles.